The van der Waals surface area contributed by atoms with Gasteiger partial charge in [0.25, 0.3) is 0 Å². The lowest BCUT2D eigenvalue weighted by Crippen LogP contribution is -1.97. The first-order valence-electron chi connectivity index (χ1n) is 17.5. The zero-order chi connectivity index (χ0) is 33.5. The molecule has 0 amide bonds. The summed E-state index contributed by atoms with van der Waals surface area (Å²) in [5.74, 6) is 0. The van der Waals surface area contributed by atoms with Gasteiger partial charge in [-0.3, -0.25) is 0 Å². The summed E-state index contributed by atoms with van der Waals surface area (Å²) in [5, 5.41) is 7.56. The molecule has 0 aliphatic heterocycles. The van der Waals surface area contributed by atoms with Gasteiger partial charge in [-0.1, -0.05) is 121 Å². The first-order chi connectivity index (χ1) is 25.3. The van der Waals surface area contributed by atoms with Crippen LogP contribution in [0.15, 0.2) is 188 Å². The standard InChI is InChI=1S/C48H31N3/c1-2-14-34(15-3-1)49-43-21-8-6-19-39(43)41-27-25-33(30-47(41)49)32-13-12-16-35(29-32)51-46-24-11-7-20-40(46)42-28-26-36(31-48(42)51)50-44-22-9-4-17-37(44)38-18-5-10-23-45(38)50/h1-31H. The predicted molar refractivity (Wildman–Crippen MR) is 215 cm³/mol. The Balaban J connectivity index is 1.13. The number of rotatable bonds is 4. The minimum Gasteiger partial charge on any atom is -0.309 e. The summed E-state index contributed by atoms with van der Waals surface area (Å²) in [6.45, 7) is 0. The van der Waals surface area contributed by atoms with Crippen LogP contribution in [0.5, 0.6) is 0 Å². The highest BCUT2D eigenvalue weighted by Gasteiger charge is 2.17. The van der Waals surface area contributed by atoms with E-state index >= 15 is 0 Å². The first kappa shape index (κ1) is 28.0. The number of hydrogen-bond donors (Lipinski definition) is 0. The molecular weight excluding hydrogens is 619 g/mol. The molecule has 238 valence electrons. The van der Waals surface area contributed by atoms with Crippen LogP contribution in [-0.2, 0) is 0 Å². The molecule has 0 saturated carbocycles. The molecule has 3 nitrogen and oxygen atoms in total. The molecule has 0 aliphatic carbocycles. The summed E-state index contributed by atoms with van der Waals surface area (Å²) < 4.78 is 7.23. The van der Waals surface area contributed by atoms with Crippen LogP contribution in [0.1, 0.15) is 0 Å². The van der Waals surface area contributed by atoms with Crippen molar-refractivity contribution in [2.75, 3.05) is 0 Å². The minimum atomic E-state index is 1.14. The number of nitrogens with zero attached hydrogens (tertiary/aromatic N) is 3. The van der Waals surface area contributed by atoms with E-state index in [9.17, 15) is 0 Å². The smallest absolute Gasteiger partial charge is 0.0561 e. The second-order valence-corrected chi connectivity index (χ2v) is 13.4. The maximum Gasteiger partial charge on any atom is 0.0561 e. The van der Waals surface area contributed by atoms with Gasteiger partial charge < -0.3 is 13.7 Å². The van der Waals surface area contributed by atoms with E-state index in [0.29, 0.717) is 0 Å². The Kier molecular flexibility index (Phi) is 5.96. The maximum absolute atomic E-state index is 2.44. The number of hydrogen-bond acceptors (Lipinski definition) is 0. The molecule has 0 fully saturated rings. The van der Waals surface area contributed by atoms with Crippen molar-refractivity contribution in [2.45, 2.75) is 0 Å². The van der Waals surface area contributed by atoms with Crippen LogP contribution < -0.4 is 0 Å². The van der Waals surface area contributed by atoms with Gasteiger partial charge in [-0.05, 0) is 77.9 Å². The Hall–Kier alpha value is -6.84. The highest BCUT2D eigenvalue weighted by molar-refractivity contribution is 6.13. The number of para-hydroxylation sites is 5. The van der Waals surface area contributed by atoms with E-state index in [1.807, 2.05) is 0 Å². The van der Waals surface area contributed by atoms with Crippen LogP contribution in [0.2, 0.25) is 0 Å². The summed E-state index contributed by atoms with van der Waals surface area (Å²) in [6, 6.07) is 68.5. The normalized spacial score (nSPS) is 11.9. The molecule has 51 heavy (non-hydrogen) atoms. The van der Waals surface area contributed by atoms with Gasteiger partial charge in [0.2, 0.25) is 0 Å². The lowest BCUT2D eigenvalue weighted by molar-refractivity contribution is 1.15. The molecule has 8 aromatic carbocycles. The Bertz CT molecular complexity index is 3080. The SMILES string of the molecule is c1ccc(-n2c3ccccc3c3ccc(-c4cccc(-n5c6ccccc6c6ccc(-n7c8ccccc8c8ccccc87)cc65)c4)cc32)cc1. The van der Waals surface area contributed by atoms with E-state index in [1.54, 1.807) is 0 Å². The molecule has 0 atom stereocenters. The molecule has 0 radical (unpaired) electrons. The summed E-state index contributed by atoms with van der Waals surface area (Å²) in [5.41, 5.74) is 13.1. The Morgan fingerprint density at radius 1 is 0.216 bits per heavy atom. The van der Waals surface area contributed by atoms with Gasteiger partial charge in [-0.15, -0.1) is 0 Å². The molecule has 11 rings (SSSR count). The molecule has 3 heterocycles. The number of benzene rings is 8. The summed E-state index contributed by atoms with van der Waals surface area (Å²) in [7, 11) is 0. The van der Waals surface area contributed by atoms with Crippen LogP contribution in [0.3, 0.4) is 0 Å². The van der Waals surface area contributed by atoms with Gasteiger partial charge in [0.1, 0.15) is 0 Å². The molecule has 0 bridgehead atoms. The molecule has 3 heteroatoms. The topological polar surface area (TPSA) is 14.8 Å². The van der Waals surface area contributed by atoms with Gasteiger partial charge in [-0.2, -0.15) is 0 Å². The third-order valence-corrected chi connectivity index (χ3v) is 10.6. The van der Waals surface area contributed by atoms with Crippen molar-refractivity contribution in [1.29, 1.82) is 0 Å². The fourth-order valence-corrected chi connectivity index (χ4v) is 8.41. The average molecular weight is 650 g/mol. The maximum atomic E-state index is 2.44. The van der Waals surface area contributed by atoms with Crippen molar-refractivity contribution in [3.05, 3.63) is 188 Å². The van der Waals surface area contributed by atoms with Crippen LogP contribution in [0, 0.1) is 0 Å². The lowest BCUT2D eigenvalue weighted by atomic mass is 10.0. The van der Waals surface area contributed by atoms with E-state index in [4.69, 9.17) is 0 Å². The van der Waals surface area contributed by atoms with Crippen molar-refractivity contribution >= 4 is 65.4 Å². The fraction of sp³-hybridized carbons (Fsp3) is 0. The molecule has 0 N–H and O–H groups in total. The van der Waals surface area contributed by atoms with Gasteiger partial charge in [-0.25, -0.2) is 0 Å². The van der Waals surface area contributed by atoms with Gasteiger partial charge in [0.05, 0.1) is 33.1 Å². The van der Waals surface area contributed by atoms with Crippen molar-refractivity contribution in [1.82, 2.24) is 13.7 Å². The molecule has 0 unspecified atom stereocenters. The average Bonchev–Trinajstić information content (AvgIpc) is 3.83. The minimum absolute atomic E-state index is 1.14. The van der Waals surface area contributed by atoms with Crippen molar-refractivity contribution < 1.29 is 0 Å². The van der Waals surface area contributed by atoms with Crippen LogP contribution >= 0.6 is 0 Å². The largest absolute Gasteiger partial charge is 0.309 e. The van der Waals surface area contributed by atoms with E-state index < -0.39 is 0 Å². The van der Waals surface area contributed by atoms with Crippen molar-refractivity contribution in [2.24, 2.45) is 0 Å². The second kappa shape index (κ2) is 10.8. The number of aromatic nitrogens is 3. The second-order valence-electron chi connectivity index (χ2n) is 13.4. The molecule has 11 aromatic rings. The number of fused-ring (bicyclic) bond motifs is 9. The molecule has 0 spiro atoms. The van der Waals surface area contributed by atoms with Gasteiger partial charge >= 0.3 is 0 Å². The fourth-order valence-electron chi connectivity index (χ4n) is 8.41. The van der Waals surface area contributed by atoms with E-state index in [1.165, 1.54) is 82.2 Å². The quantitative estimate of drug-likeness (QED) is 0.180. The zero-order valence-electron chi connectivity index (χ0n) is 27.7. The Morgan fingerprint density at radius 3 is 1.20 bits per heavy atom. The van der Waals surface area contributed by atoms with Crippen LogP contribution in [0.4, 0.5) is 0 Å². The van der Waals surface area contributed by atoms with E-state index in [-0.39, 0.29) is 0 Å². The monoisotopic (exact) mass is 649 g/mol. The highest BCUT2D eigenvalue weighted by atomic mass is 15.0. The first-order valence-corrected chi connectivity index (χ1v) is 17.5. The lowest BCUT2D eigenvalue weighted by Gasteiger charge is -2.13. The van der Waals surface area contributed by atoms with Gasteiger partial charge in [0, 0.05) is 49.4 Å². The van der Waals surface area contributed by atoms with Crippen molar-refractivity contribution in [3.63, 3.8) is 0 Å². The highest BCUT2D eigenvalue weighted by Crippen LogP contribution is 2.39. The molecular formula is C48H31N3. The van der Waals surface area contributed by atoms with Crippen molar-refractivity contribution in [3.8, 4) is 28.2 Å². The van der Waals surface area contributed by atoms with Crippen LogP contribution in [0.25, 0.3) is 93.6 Å². The summed E-state index contributed by atoms with van der Waals surface area (Å²) in [6.07, 6.45) is 0. The third-order valence-electron chi connectivity index (χ3n) is 10.6. The van der Waals surface area contributed by atoms with E-state index in [0.717, 1.165) is 11.4 Å². The molecule has 0 aliphatic rings. The van der Waals surface area contributed by atoms with Crippen LogP contribution in [-0.4, -0.2) is 13.7 Å². The summed E-state index contributed by atoms with van der Waals surface area (Å²) in [4.78, 5) is 0. The van der Waals surface area contributed by atoms with Gasteiger partial charge in [0.15, 0.2) is 0 Å². The van der Waals surface area contributed by atoms with E-state index in [2.05, 4.69) is 202 Å². The predicted octanol–water partition coefficient (Wildman–Crippen LogP) is 12.6. The third kappa shape index (κ3) is 4.12. The molecule has 0 saturated heterocycles. The summed E-state index contributed by atoms with van der Waals surface area (Å²) >= 11 is 0. The Labute approximate surface area is 294 Å². The molecule has 3 aromatic heterocycles. The Morgan fingerprint density at radius 2 is 0.608 bits per heavy atom. The zero-order valence-corrected chi connectivity index (χ0v) is 27.7.